The predicted octanol–water partition coefficient (Wildman–Crippen LogP) is 2.51. The third kappa shape index (κ3) is 2.08. The minimum absolute atomic E-state index is 0.225. The molecule has 0 bridgehead atoms. The fourth-order valence-electron chi connectivity index (χ4n) is 1.82. The summed E-state index contributed by atoms with van der Waals surface area (Å²) < 4.78 is 15.4. The lowest BCUT2D eigenvalue weighted by molar-refractivity contribution is 0.523. The number of hydrogen-bond donors (Lipinski definition) is 1. The van der Waals surface area contributed by atoms with Gasteiger partial charge < -0.3 is 10.3 Å². The van der Waals surface area contributed by atoms with E-state index < -0.39 is 5.54 Å². The molecule has 0 radical (unpaired) electrons. The minimum Gasteiger partial charge on any atom is -0.321 e. The van der Waals surface area contributed by atoms with Gasteiger partial charge in [0.25, 0.3) is 0 Å². The van der Waals surface area contributed by atoms with E-state index in [9.17, 15) is 4.39 Å². The number of hydrogen-bond acceptors (Lipinski definition) is 2. The second-order valence-corrected chi connectivity index (χ2v) is 4.75. The zero-order valence-corrected chi connectivity index (χ0v) is 10.2. The molecule has 1 aromatic heterocycles. The van der Waals surface area contributed by atoms with Crippen LogP contribution in [0.25, 0.3) is 5.69 Å². The molecule has 1 aromatic carbocycles. The third-order valence-corrected chi connectivity index (χ3v) is 2.80. The normalized spacial score (nSPS) is 11.8. The van der Waals surface area contributed by atoms with Crippen LogP contribution in [0.2, 0.25) is 0 Å². The molecular weight excluding hydrogens is 217 g/mol. The maximum Gasteiger partial charge on any atom is 0.128 e. The van der Waals surface area contributed by atoms with Crippen molar-refractivity contribution in [1.29, 1.82) is 0 Å². The maximum atomic E-state index is 13.5. The molecule has 0 saturated carbocycles. The molecule has 0 aliphatic rings. The molecule has 1 heterocycles. The van der Waals surface area contributed by atoms with Crippen LogP contribution in [0.15, 0.2) is 30.7 Å². The number of benzene rings is 1. The van der Waals surface area contributed by atoms with Gasteiger partial charge in [-0.25, -0.2) is 9.37 Å². The molecule has 4 heteroatoms. The van der Waals surface area contributed by atoms with Gasteiger partial charge in [-0.05, 0) is 32.9 Å². The second-order valence-electron chi connectivity index (χ2n) is 4.75. The van der Waals surface area contributed by atoms with Crippen molar-refractivity contribution in [2.45, 2.75) is 26.3 Å². The van der Waals surface area contributed by atoms with Gasteiger partial charge in [0.2, 0.25) is 0 Å². The predicted molar refractivity (Wildman–Crippen MR) is 65.5 cm³/mol. The second kappa shape index (κ2) is 3.96. The van der Waals surface area contributed by atoms with Crippen molar-refractivity contribution in [3.63, 3.8) is 0 Å². The Morgan fingerprint density at radius 3 is 2.71 bits per heavy atom. The molecule has 2 aromatic rings. The minimum atomic E-state index is -0.519. The van der Waals surface area contributed by atoms with Crippen LogP contribution < -0.4 is 5.73 Å². The van der Waals surface area contributed by atoms with E-state index in [-0.39, 0.29) is 5.82 Å². The van der Waals surface area contributed by atoms with E-state index in [0.717, 1.165) is 11.4 Å². The van der Waals surface area contributed by atoms with Crippen molar-refractivity contribution in [1.82, 2.24) is 9.55 Å². The Labute approximate surface area is 100 Å². The highest BCUT2D eigenvalue weighted by atomic mass is 19.1. The van der Waals surface area contributed by atoms with Crippen molar-refractivity contribution in [2.24, 2.45) is 5.73 Å². The number of aromatic nitrogens is 2. The summed E-state index contributed by atoms with van der Waals surface area (Å²) in [4.78, 5) is 4.10. The lowest BCUT2D eigenvalue weighted by Crippen LogP contribution is -2.31. The van der Waals surface area contributed by atoms with Crippen LogP contribution in [0.3, 0.4) is 0 Å². The van der Waals surface area contributed by atoms with Crippen LogP contribution in [-0.2, 0) is 5.54 Å². The van der Waals surface area contributed by atoms with Gasteiger partial charge in [-0.2, -0.15) is 0 Å². The third-order valence-electron chi connectivity index (χ3n) is 2.80. The van der Waals surface area contributed by atoms with Gasteiger partial charge in [0.1, 0.15) is 5.82 Å². The number of halogens is 1. The van der Waals surface area contributed by atoms with Gasteiger partial charge in [-0.3, -0.25) is 0 Å². The zero-order valence-electron chi connectivity index (χ0n) is 10.2. The Balaban J connectivity index is 2.62. The molecule has 0 saturated heterocycles. The first-order valence-electron chi connectivity index (χ1n) is 5.48. The van der Waals surface area contributed by atoms with Crippen molar-refractivity contribution >= 4 is 0 Å². The topological polar surface area (TPSA) is 43.8 Å². The lowest BCUT2D eigenvalue weighted by atomic mass is 10.0. The van der Waals surface area contributed by atoms with Gasteiger partial charge in [0.15, 0.2) is 0 Å². The van der Waals surface area contributed by atoms with Gasteiger partial charge in [0, 0.05) is 5.56 Å². The van der Waals surface area contributed by atoms with E-state index in [1.165, 1.54) is 6.07 Å². The number of nitrogens with zero attached hydrogens (tertiary/aromatic N) is 2. The van der Waals surface area contributed by atoms with E-state index in [1.54, 1.807) is 25.5 Å². The molecule has 0 unspecified atom stereocenters. The van der Waals surface area contributed by atoms with Crippen LogP contribution >= 0.6 is 0 Å². The van der Waals surface area contributed by atoms with Crippen LogP contribution in [0.5, 0.6) is 0 Å². The summed E-state index contributed by atoms with van der Waals surface area (Å²) in [7, 11) is 0. The SMILES string of the molecule is Cc1c(F)cccc1-n1cncc1C(C)(C)N. The van der Waals surface area contributed by atoms with Crippen LogP contribution in [0.4, 0.5) is 4.39 Å². The number of imidazole rings is 1. The summed E-state index contributed by atoms with van der Waals surface area (Å²) in [6, 6.07) is 4.99. The highest BCUT2D eigenvalue weighted by Gasteiger charge is 2.20. The number of rotatable bonds is 2. The Kier molecular flexibility index (Phi) is 2.75. The highest BCUT2D eigenvalue weighted by molar-refractivity contribution is 5.43. The van der Waals surface area contributed by atoms with E-state index in [4.69, 9.17) is 5.73 Å². The summed E-state index contributed by atoms with van der Waals surface area (Å²) in [5.74, 6) is -0.225. The first-order chi connectivity index (χ1) is 7.91. The van der Waals surface area contributed by atoms with Crippen LogP contribution in [-0.4, -0.2) is 9.55 Å². The van der Waals surface area contributed by atoms with Crippen LogP contribution in [0, 0.1) is 12.7 Å². The smallest absolute Gasteiger partial charge is 0.128 e. The number of nitrogens with two attached hydrogens (primary N) is 1. The van der Waals surface area contributed by atoms with Crippen LogP contribution in [0.1, 0.15) is 25.1 Å². The molecule has 17 heavy (non-hydrogen) atoms. The van der Waals surface area contributed by atoms with E-state index in [0.29, 0.717) is 5.56 Å². The Hall–Kier alpha value is -1.68. The van der Waals surface area contributed by atoms with Gasteiger partial charge >= 0.3 is 0 Å². The van der Waals surface area contributed by atoms with Gasteiger partial charge in [-0.1, -0.05) is 6.07 Å². The Morgan fingerprint density at radius 2 is 2.06 bits per heavy atom. The quantitative estimate of drug-likeness (QED) is 0.866. The average Bonchev–Trinajstić information content (AvgIpc) is 2.70. The zero-order chi connectivity index (χ0) is 12.6. The lowest BCUT2D eigenvalue weighted by Gasteiger charge is -2.21. The summed E-state index contributed by atoms with van der Waals surface area (Å²) >= 11 is 0. The Morgan fingerprint density at radius 1 is 1.35 bits per heavy atom. The van der Waals surface area contributed by atoms with E-state index in [2.05, 4.69) is 4.98 Å². The fourth-order valence-corrected chi connectivity index (χ4v) is 1.82. The molecule has 2 N–H and O–H groups in total. The van der Waals surface area contributed by atoms with Crippen molar-refractivity contribution in [3.8, 4) is 5.69 Å². The van der Waals surface area contributed by atoms with Crippen molar-refractivity contribution in [2.75, 3.05) is 0 Å². The molecule has 0 aliphatic heterocycles. The molecule has 0 spiro atoms. The molecule has 2 rings (SSSR count). The van der Waals surface area contributed by atoms with Gasteiger partial charge in [0.05, 0.1) is 29.4 Å². The maximum absolute atomic E-state index is 13.5. The average molecular weight is 233 g/mol. The van der Waals surface area contributed by atoms with Crippen molar-refractivity contribution in [3.05, 3.63) is 47.8 Å². The monoisotopic (exact) mass is 233 g/mol. The first-order valence-corrected chi connectivity index (χ1v) is 5.48. The largest absolute Gasteiger partial charge is 0.321 e. The highest BCUT2D eigenvalue weighted by Crippen LogP contribution is 2.23. The van der Waals surface area contributed by atoms with E-state index in [1.807, 2.05) is 24.5 Å². The standard InChI is InChI=1S/C13H16FN3/c1-9-10(14)5-4-6-11(9)17-8-16-7-12(17)13(2,3)15/h4-8H,15H2,1-3H3. The van der Waals surface area contributed by atoms with E-state index >= 15 is 0 Å². The summed E-state index contributed by atoms with van der Waals surface area (Å²) in [5, 5.41) is 0. The fraction of sp³-hybridized carbons (Fsp3) is 0.308. The Bertz CT molecular complexity index is 538. The molecule has 90 valence electrons. The van der Waals surface area contributed by atoms with Crippen molar-refractivity contribution < 1.29 is 4.39 Å². The van der Waals surface area contributed by atoms with Gasteiger partial charge in [-0.15, -0.1) is 0 Å². The molecule has 3 nitrogen and oxygen atoms in total. The molecule has 0 atom stereocenters. The molecule has 0 fully saturated rings. The molecule has 0 amide bonds. The first kappa shape index (κ1) is 11.8. The molecular formula is C13H16FN3. The molecule has 0 aliphatic carbocycles. The summed E-state index contributed by atoms with van der Waals surface area (Å²) in [5.41, 5.74) is 7.77. The summed E-state index contributed by atoms with van der Waals surface area (Å²) in [6.07, 6.45) is 3.37. The summed E-state index contributed by atoms with van der Waals surface area (Å²) in [6.45, 7) is 5.54.